The monoisotopic (exact) mass is 314 g/mol. The van der Waals surface area contributed by atoms with Gasteiger partial charge in [-0.25, -0.2) is 4.98 Å². The third-order valence-corrected chi connectivity index (χ3v) is 2.46. The number of imidazole rings is 1. The summed E-state index contributed by atoms with van der Waals surface area (Å²) >= 11 is 0. The maximum Gasteiger partial charge on any atom is 0.432 e. The van der Waals surface area contributed by atoms with E-state index in [1.807, 2.05) is 0 Å². The number of amides is 2. The Hall–Kier alpha value is -3.02. The van der Waals surface area contributed by atoms with Crippen molar-refractivity contribution in [2.75, 3.05) is 13.1 Å². The van der Waals surface area contributed by atoms with E-state index < -0.39 is 41.2 Å². The van der Waals surface area contributed by atoms with Crippen molar-refractivity contribution in [1.82, 2.24) is 20.6 Å². The summed E-state index contributed by atoms with van der Waals surface area (Å²) in [6.45, 7) is -0.997. The molecule has 12 heteroatoms. The molecule has 0 aromatic carbocycles. The van der Waals surface area contributed by atoms with Crippen LogP contribution >= 0.6 is 0 Å². The van der Waals surface area contributed by atoms with Crippen molar-refractivity contribution in [2.24, 2.45) is 5.73 Å². The largest absolute Gasteiger partial charge is 0.480 e. The van der Waals surface area contributed by atoms with Crippen LogP contribution in [0.15, 0.2) is 6.20 Å². The smallest absolute Gasteiger partial charge is 0.432 e. The van der Waals surface area contributed by atoms with E-state index in [1.165, 1.54) is 0 Å². The van der Waals surface area contributed by atoms with Gasteiger partial charge in [0.25, 0.3) is 0 Å². The second kappa shape index (κ2) is 7.68. The number of aromatic nitrogens is 2. The summed E-state index contributed by atoms with van der Waals surface area (Å²) in [5.41, 5.74) is 5.35. The zero-order valence-electron chi connectivity index (χ0n) is 11.2. The topological polar surface area (TPSA) is 193 Å². The minimum absolute atomic E-state index is 0.141. The normalized spacial score (nSPS) is 11.5. The van der Waals surface area contributed by atoms with E-state index >= 15 is 0 Å². The van der Waals surface area contributed by atoms with Gasteiger partial charge in [0.2, 0.25) is 11.8 Å². The Bertz CT molecular complexity index is 584. The molecule has 6 N–H and O–H groups in total. The quantitative estimate of drug-likeness (QED) is 0.256. The third-order valence-electron chi connectivity index (χ3n) is 2.46. The van der Waals surface area contributed by atoms with E-state index in [-0.39, 0.29) is 18.7 Å². The van der Waals surface area contributed by atoms with Gasteiger partial charge in [-0.3, -0.25) is 14.4 Å². The molecule has 1 rings (SSSR count). The summed E-state index contributed by atoms with van der Waals surface area (Å²) in [6, 6.07) is -1.14. The second-order valence-electron chi connectivity index (χ2n) is 4.13. The van der Waals surface area contributed by atoms with Crippen LogP contribution in [0.3, 0.4) is 0 Å². The van der Waals surface area contributed by atoms with Gasteiger partial charge >= 0.3 is 11.9 Å². The van der Waals surface area contributed by atoms with Crippen molar-refractivity contribution in [3.63, 3.8) is 0 Å². The van der Waals surface area contributed by atoms with Crippen molar-refractivity contribution in [3.8, 4) is 0 Å². The Morgan fingerprint density at radius 2 is 2.18 bits per heavy atom. The predicted octanol–water partition coefficient (Wildman–Crippen LogP) is -2.50. The molecule has 0 saturated heterocycles. The predicted molar refractivity (Wildman–Crippen MR) is 70.6 cm³/mol. The van der Waals surface area contributed by atoms with Gasteiger partial charge in [0.1, 0.15) is 24.5 Å². The Labute approximate surface area is 123 Å². The molecule has 0 aliphatic rings. The molecule has 0 spiro atoms. The Balaban J connectivity index is 2.79. The molecule has 1 aromatic heterocycles. The molecule has 12 nitrogen and oxygen atoms in total. The highest BCUT2D eigenvalue weighted by atomic mass is 16.6. The number of aliphatic carboxylic acids is 1. The molecular weight excluding hydrogens is 300 g/mol. The molecule has 0 fully saturated rings. The van der Waals surface area contributed by atoms with Crippen LogP contribution in [0.4, 0.5) is 5.95 Å². The fourth-order valence-electron chi connectivity index (χ4n) is 1.51. The summed E-state index contributed by atoms with van der Waals surface area (Å²) in [5, 5.41) is 23.4. The van der Waals surface area contributed by atoms with E-state index in [2.05, 4.69) is 20.6 Å². The van der Waals surface area contributed by atoms with Crippen LogP contribution in [-0.4, -0.2) is 56.9 Å². The number of aromatic amines is 1. The zero-order valence-corrected chi connectivity index (χ0v) is 11.2. The number of carboxylic acid groups (broad SMARTS) is 1. The summed E-state index contributed by atoms with van der Waals surface area (Å²) in [6.07, 6.45) is 1.00. The van der Waals surface area contributed by atoms with Crippen LogP contribution in [0.25, 0.3) is 0 Å². The first-order valence-electron chi connectivity index (χ1n) is 6.00. The molecule has 0 aliphatic heterocycles. The van der Waals surface area contributed by atoms with E-state index in [1.54, 1.807) is 0 Å². The number of H-pyrrole nitrogens is 1. The summed E-state index contributed by atoms with van der Waals surface area (Å²) in [5.74, 6) is -3.16. The van der Waals surface area contributed by atoms with Crippen molar-refractivity contribution in [2.45, 2.75) is 12.5 Å². The number of nitrogens with one attached hydrogen (secondary N) is 3. The van der Waals surface area contributed by atoms with Gasteiger partial charge in [0.15, 0.2) is 0 Å². The summed E-state index contributed by atoms with van der Waals surface area (Å²) in [4.78, 5) is 49.2. The molecule has 0 unspecified atom stereocenters. The maximum absolute atomic E-state index is 11.8. The molecule has 0 saturated carbocycles. The molecule has 22 heavy (non-hydrogen) atoms. The van der Waals surface area contributed by atoms with E-state index in [9.17, 15) is 24.5 Å². The average Bonchev–Trinajstić information content (AvgIpc) is 2.92. The summed E-state index contributed by atoms with van der Waals surface area (Å²) < 4.78 is 0. The van der Waals surface area contributed by atoms with Gasteiger partial charge in [-0.1, -0.05) is 4.98 Å². The minimum Gasteiger partial charge on any atom is -0.480 e. The van der Waals surface area contributed by atoms with Crippen LogP contribution in [0.5, 0.6) is 0 Å². The van der Waals surface area contributed by atoms with Crippen molar-refractivity contribution < 1.29 is 24.4 Å². The number of carbonyl (C=O) groups excluding carboxylic acids is 2. The van der Waals surface area contributed by atoms with Gasteiger partial charge in [0, 0.05) is 6.42 Å². The van der Waals surface area contributed by atoms with Gasteiger partial charge in [-0.2, -0.15) is 0 Å². The Morgan fingerprint density at radius 3 is 2.68 bits per heavy atom. The molecular formula is C10H14N6O6. The standard InChI is InChI=1S/C10H14N6O6/c11-2-7(17)15-6(9(20)12-4-8(18)19)1-5-3-13-10(14-5)16(21)22/h3,6H,1-2,4,11H2,(H,12,20)(H,13,14)(H,15,17)(H,18,19)/t6-/m0/s1. The molecule has 1 atom stereocenters. The molecule has 120 valence electrons. The lowest BCUT2D eigenvalue weighted by molar-refractivity contribution is -0.393. The Morgan fingerprint density at radius 1 is 1.50 bits per heavy atom. The van der Waals surface area contributed by atoms with Crippen molar-refractivity contribution in [3.05, 3.63) is 22.0 Å². The number of hydrogen-bond donors (Lipinski definition) is 5. The number of carboxylic acids is 1. The van der Waals surface area contributed by atoms with E-state index in [0.29, 0.717) is 0 Å². The molecule has 2 amide bonds. The molecule has 0 bridgehead atoms. The Kier molecular flexibility index (Phi) is 5.95. The van der Waals surface area contributed by atoms with Crippen LogP contribution in [-0.2, 0) is 20.8 Å². The van der Waals surface area contributed by atoms with Gasteiger partial charge < -0.3 is 31.6 Å². The van der Waals surface area contributed by atoms with Gasteiger partial charge in [-0.05, 0) is 4.92 Å². The third kappa shape index (κ3) is 5.16. The van der Waals surface area contributed by atoms with E-state index in [4.69, 9.17) is 10.8 Å². The number of rotatable bonds is 8. The number of nitrogens with two attached hydrogens (primary N) is 1. The van der Waals surface area contributed by atoms with Gasteiger partial charge in [-0.15, -0.1) is 0 Å². The molecule has 1 aromatic rings. The van der Waals surface area contributed by atoms with Crippen molar-refractivity contribution >= 4 is 23.7 Å². The highest BCUT2D eigenvalue weighted by molar-refractivity contribution is 5.90. The fourth-order valence-corrected chi connectivity index (χ4v) is 1.51. The summed E-state index contributed by atoms with van der Waals surface area (Å²) in [7, 11) is 0. The SMILES string of the molecule is NCC(=O)N[C@@H](Cc1cnc([N+](=O)[O-])[nH]1)C(=O)NCC(=O)O. The molecule has 1 heterocycles. The van der Waals surface area contributed by atoms with E-state index in [0.717, 1.165) is 6.20 Å². The van der Waals surface area contributed by atoms with Gasteiger partial charge in [0.05, 0.1) is 6.54 Å². The highest BCUT2D eigenvalue weighted by Gasteiger charge is 2.24. The number of nitrogens with zero attached hydrogens (tertiary/aromatic N) is 2. The van der Waals surface area contributed by atoms with Crippen LogP contribution in [0.1, 0.15) is 5.69 Å². The zero-order chi connectivity index (χ0) is 16.7. The molecule has 0 radical (unpaired) electrons. The highest BCUT2D eigenvalue weighted by Crippen LogP contribution is 2.07. The van der Waals surface area contributed by atoms with Crippen LogP contribution in [0, 0.1) is 10.1 Å². The fraction of sp³-hybridized carbons (Fsp3) is 0.400. The average molecular weight is 314 g/mol. The number of carbonyl (C=O) groups is 3. The van der Waals surface area contributed by atoms with Crippen LogP contribution < -0.4 is 16.4 Å². The molecule has 0 aliphatic carbocycles. The lowest BCUT2D eigenvalue weighted by Crippen LogP contribution is -2.50. The number of hydrogen-bond acceptors (Lipinski definition) is 7. The first-order valence-corrected chi connectivity index (χ1v) is 6.00. The minimum atomic E-state index is -1.26. The second-order valence-corrected chi connectivity index (χ2v) is 4.13. The first kappa shape index (κ1) is 17.0. The lowest BCUT2D eigenvalue weighted by atomic mass is 10.1. The lowest BCUT2D eigenvalue weighted by Gasteiger charge is -2.16. The van der Waals surface area contributed by atoms with Crippen LogP contribution in [0.2, 0.25) is 0 Å². The van der Waals surface area contributed by atoms with Crippen molar-refractivity contribution in [1.29, 1.82) is 0 Å². The maximum atomic E-state index is 11.8. The number of nitro groups is 1. The first-order chi connectivity index (χ1) is 10.3.